The molecule has 1 rings (SSSR count). The van der Waals surface area contributed by atoms with Crippen LogP contribution in [0.1, 0.15) is 42.5 Å². The molecule has 0 saturated carbocycles. The Labute approximate surface area is 214 Å². The van der Waals surface area contributed by atoms with Crippen LogP contribution < -0.4 is 25.2 Å². The van der Waals surface area contributed by atoms with E-state index in [-0.39, 0.29) is 18.7 Å². The van der Waals surface area contributed by atoms with Gasteiger partial charge in [-0.15, -0.1) is 0 Å². The molecule has 0 aromatic heterocycles. The van der Waals surface area contributed by atoms with Crippen LogP contribution in [0.15, 0.2) is 24.3 Å². The lowest BCUT2D eigenvalue weighted by Gasteiger charge is -2.16. The van der Waals surface area contributed by atoms with Gasteiger partial charge in [-0.05, 0) is 49.9 Å². The summed E-state index contributed by atoms with van der Waals surface area (Å²) >= 11 is 4.00. The minimum Gasteiger partial charge on any atom is -0.480 e. The van der Waals surface area contributed by atoms with Crippen LogP contribution in [-0.4, -0.2) is 58.4 Å². The van der Waals surface area contributed by atoms with Crippen molar-refractivity contribution in [2.45, 2.75) is 44.2 Å². The van der Waals surface area contributed by atoms with Gasteiger partial charge in [-0.3, -0.25) is 19.2 Å². The summed E-state index contributed by atoms with van der Waals surface area (Å²) in [6, 6.07) is 5.54. The zero-order valence-electron chi connectivity index (χ0n) is 17.5. The molecule has 7 N–H and O–H groups in total. The van der Waals surface area contributed by atoms with Crippen LogP contribution in [0.25, 0.3) is 0 Å². The van der Waals surface area contributed by atoms with Crippen LogP contribution in [0.3, 0.4) is 0 Å². The van der Waals surface area contributed by atoms with E-state index in [1.165, 1.54) is 0 Å². The summed E-state index contributed by atoms with van der Waals surface area (Å²) in [5.41, 5.74) is 6.88. The molecule has 32 heavy (non-hydrogen) atoms. The van der Waals surface area contributed by atoms with E-state index in [1.54, 1.807) is 35.0 Å². The number of carboxylic acid groups (broad SMARTS) is 1. The van der Waals surface area contributed by atoms with Crippen LogP contribution >= 0.6 is 45.5 Å². The Morgan fingerprint density at radius 2 is 1.69 bits per heavy atom. The van der Waals surface area contributed by atoms with Gasteiger partial charge in [0.25, 0.3) is 5.91 Å². The van der Waals surface area contributed by atoms with E-state index in [0.717, 1.165) is 16.7 Å². The van der Waals surface area contributed by atoms with Crippen molar-refractivity contribution in [2.24, 2.45) is 5.73 Å². The molecule has 12 heteroatoms. The van der Waals surface area contributed by atoms with E-state index in [2.05, 4.69) is 42.1 Å². The molecule has 10 nitrogen and oxygen atoms in total. The van der Waals surface area contributed by atoms with E-state index in [4.69, 9.17) is 10.8 Å². The fourth-order valence-electron chi connectivity index (χ4n) is 2.76. The van der Waals surface area contributed by atoms with Crippen molar-refractivity contribution in [2.75, 3.05) is 22.8 Å². The van der Waals surface area contributed by atoms with Gasteiger partial charge in [-0.25, -0.2) is 3.53 Å². The molecule has 0 bridgehead atoms. The Bertz CT molecular complexity index is 763. The van der Waals surface area contributed by atoms with Gasteiger partial charge in [0.1, 0.15) is 12.1 Å². The van der Waals surface area contributed by atoms with Gasteiger partial charge in [0.15, 0.2) is 0 Å². The molecule has 0 aliphatic heterocycles. The first-order valence-corrected chi connectivity index (χ1v) is 12.7. The second-order valence-electron chi connectivity index (χ2n) is 7.01. The predicted octanol–water partition coefficient (Wildman–Crippen LogP) is 1.58. The number of anilines is 1. The molecule has 1 aromatic carbocycles. The molecule has 3 amide bonds. The monoisotopic (exact) mass is 673 g/mol. The summed E-state index contributed by atoms with van der Waals surface area (Å²) in [6.07, 6.45) is 1.57. The second-order valence-corrected chi connectivity index (χ2v) is 8.71. The highest BCUT2D eigenvalue weighted by molar-refractivity contribution is 14.1. The highest BCUT2D eigenvalue weighted by atomic mass is 127. The van der Waals surface area contributed by atoms with Gasteiger partial charge in [0, 0.05) is 58.1 Å². The quantitative estimate of drug-likeness (QED) is 0.0672. The highest BCUT2D eigenvalue weighted by Gasteiger charge is 2.21. The van der Waals surface area contributed by atoms with Gasteiger partial charge in [-0.1, -0.05) is 22.6 Å². The first kappa shape index (κ1) is 28.4. The summed E-state index contributed by atoms with van der Waals surface area (Å²) in [6.45, 7) is 1.28. The standard InChI is InChI=1S/C20H29I2N5O5/c21-10-12-24-14-6-4-13(5-7-14)19(30)25-11-2-1-3-15(18(23)29)26-17(28)9-8-16(27-22)20(31)32/h4-7,15-16,24,27H,1-3,8-12H2,(H2,23,29)(H,25,30)(H,26,28)(H,31,32)/t15-,16-/m0/s1. The average molecular weight is 673 g/mol. The molecular weight excluding hydrogens is 644 g/mol. The zero-order chi connectivity index (χ0) is 23.9. The number of hydrogen-bond donors (Lipinski definition) is 6. The normalized spacial score (nSPS) is 12.4. The number of benzene rings is 1. The van der Waals surface area contributed by atoms with E-state index in [9.17, 15) is 19.2 Å². The smallest absolute Gasteiger partial charge is 0.321 e. The van der Waals surface area contributed by atoms with Gasteiger partial charge in [-0.2, -0.15) is 0 Å². The summed E-state index contributed by atoms with van der Waals surface area (Å²) in [5.74, 6) is -2.32. The van der Waals surface area contributed by atoms with Crippen molar-refractivity contribution in [3.05, 3.63) is 29.8 Å². The molecule has 0 saturated heterocycles. The van der Waals surface area contributed by atoms with Gasteiger partial charge in [0.05, 0.1) is 0 Å². The van der Waals surface area contributed by atoms with Crippen molar-refractivity contribution in [1.29, 1.82) is 0 Å². The van der Waals surface area contributed by atoms with Crippen LogP contribution in [0.4, 0.5) is 5.69 Å². The third-order valence-corrected chi connectivity index (χ3v) is 5.84. The molecular formula is C20H29I2N5O5. The van der Waals surface area contributed by atoms with Crippen molar-refractivity contribution in [3.8, 4) is 0 Å². The SMILES string of the molecule is NC(=O)[C@H](CCCCNC(=O)c1ccc(NCCI)cc1)NC(=O)CC[C@H](NI)C(=O)O. The van der Waals surface area contributed by atoms with E-state index in [1.807, 2.05) is 12.1 Å². The number of nitrogens with one attached hydrogen (secondary N) is 4. The molecule has 0 radical (unpaired) electrons. The molecule has 0 aliphatic carbocycles. The van der Waals surface area contributed by atoms with E-state index < -0.39 is 29.9 Å². The van der Waals surface area contributed by atoms with Crippen LogP contribution in [0, 0.1) is 0 Å². The molecule has 0 aliphatic rings. The van der Waals surface area contributed by atoms with Gasteiger partial charge < -0.3 is 26.8 Å². The average Bonchev–Trinajstić information content (AvgIpc) is 2.76. The van der Waals surface area contributed by atoms with Gasteiger partial charge >= 0.3 is 5.97 Å². The molecule has 0 heterocycles. The number of alkyl halides is 1. The summed E-state index contributed by atoms with van der Waals surface area (Å²) in [4.78, 5) is 46.8. The summed E-state index contributed by atoms with van der Waals surface area (Å²) in [5, 5.41) is 17.6. The lowest BCUT2D eigenvalue weighted by Crippen LogP contribution is -2.45. The maximum atomic E-state index is 12.2. The molecule has 178 valence electrons. The van der Waals surface area contributed by atoms with E-state index in [0.29, 0.717) is 31.4 Å². The number of hydrogen-bond acceptors (Lipinski definition) is 6. The number of rotatable bonds is 16. The first-order chi connectivity index (χ1) is 15.3. The van der Waals surface area contributed by atoms with Crippen molar-refractivity contribution < 1.29 is 24.3 Å². The minimum absolute atomic E-state index is 0.0425. The number of carboxylic acids is 1. The summed E-state index contributed by atoms with van der Waals surface area (Å²) < 4.78 is 3.56. The lowest BCUT2D eigenvalue weighted by molar-refractivity contribution is -0.139. The van der Waals surface area contributed by atoms with Crippen molar-refractivity contribution in [3.63, 3.8) is 0 Å². The van der Waals surface area contributed by atoms with Crippen LogP contribution in [0.2, 0.25) is 0 Å². The first-order valence-electron chi connectivity index (χ1n) is 10.1. The number of carbonyl (C=O) groups excluding carboxylic acids is 3. The number of primary amides is 1. The maximum Gasteiger partial charge on any atom is 0.321 e. The number of nitrogens with two attached hydrogens (primary N) is 1. The third-order valence-electron chi connectivity index (χ3n) is 4.54. The maximum absolute atomic E-state index is 12.2. The van der Waals surface area contributed by atoms with Crippen molar-refractivity contribution >= 4 is 74.8 Å². The molecule has 0 fully saturated rings. The molecule has 2 atom stereocenters. The minimum atomic E-state index is -1.05. The number of carbonyl (C=O) groups is 4. The van der Waals surface area contributed by atoms with E-state index >= 15 is 0 Å². The predicted molar refractivity (Wildman–Crippen MR) is 139 cm³/mol. The number of halogens is 2. The number of aliphatic carboxylic acids is 1. The van der Waals surface area contributed by atoms with Gasteiger partial charge in [0.2, 0.25) is 11.8 Å². The number of amides is 3. The van der Waals surface area contributed by atoms with Crippen molar-refractivity contribution in [1.82, 2.24) is 14.2 Å². The Kier molecular flexibility index (Phi) is 14.2. The topological polar surface area (TPSA) is 163 Å². The Hall–Kier alpha value is -1.68. The molecule has 0 spiro atoms. The molecule has 0 unspecified atom stereocenters. The Morgan fingerprint density at radius 3 is 2.25 bits per heavy atom. The van der Waals surface area contributed by atoms with Crippen LogP contribution in [-0.2, 0) is 14.4 Å². The largest absolute Gasteiger partial charge is 0.480 e. The van der Waals surface area contributed by atoms with Crippen LogP contribution in [0.5, 0.6) is 0 Å². The highest BCUT2D eigenvalue weighted by Crippen LogP contribution is 2.10. The third kappa shape index (κ3) is 11.3. The Morgan fingerprint density at radius 1 is 1.00 bits per heavy atom. The zero-order valence-corrected chi connectivity index (χ0v) is 21.8. The summed E-state index contributed by atoms with van der Waals surface area (Å²) in [7, 11) is 0. The lowest BCUT2D eigenvalue weighted by atomic mass is 10.1. The number of unbranched alkanes of at least 4 members (excludes halogenated alkanes) is 1. The fourth-order valence-corrected chi connectivity index (χ4v) is 3.61. The Balaban J connectivity index is 2.33. The molecule has 1 aromatic rings. The fraction of sp³-hybridized carbons (Fsp3) is 0.500. The second kappa shape index (κ2) is 16.0.